The molecule has 0 aliphatic carbocycles. The summed E-state index contributed by atoms with van der Waals surface area (Å²) in [6.45, 7) is 16.9. The summed E-state index contributed by atoms with van der Waals surface area (Å²) in [5.74, 6) is -4.05. The molecule has 0 amide bonds. The molecule has 1 aromatic heterocycles. The average molecular weight is 624 g/mol. The van der Waals surface area contributed by atoms with E-state index in [-0.39, 0.29) is 17.5 Å². The summed E-state index contributed by atoms with van der Waals surface area (Å²) in [7, 11) is 0. The fourth-order valence-electron chi connectivity index (χ4n) is 6.58. The first-order chi connectivity index (χ1) is 21.0. The first-order valence-electron chi connectivity index (χ1n) is 15.7. The first kappa shape index (κ1) is 32.9. The van der Waals surface area contributed by atoms with Crippen molar-refractivity contribution in [1.29, 1.82) is 0 Å². The molecule has 0 saturated carbocycles. The average Bonchev–Trinajstić information content (AvgIpc) is 2.94. The van der Waals surface area contributed by atoms with Gasteiger partial charge in [-0.25, -0.2) is 18.0 Å². The van der Waals surface area contributed by atoms with Gasteiger partial charge in [0.1, 0.15) is 5.82 Å². The second-order valence-corrected chi connectivity index (χ2v) is 14.3. The predicted octanol–water partition coefficient (Wildman–Crippen LogP) is 7.91. The van der Waals surface area contributed by atoms with Crippen LogP contribution in [0.5, 0.6) is 0 Å². The monoisotopic (exact) mass is 623 g/mol. The maximum Gasteiger partial charge on any atom is 0.337 e. The van der Waals surface area contributed by atoms with E-state index in [1.165, 1.54) is 0 Å². The van der Waals surface area contributed by atoms with E-state index in [2.05, 4.69) is 30.9 Å². The molecular formula is C36H44F3N3O3. The molecule has 5 rings (SSSR count). The van der Waals surface area contributed by atoms with Crippen LogP contribution in [0.25, 0.3) is 11.1 Å². The Hall–Kier alpha value is -3.43. The van der Waals surface area contributed by atoms with Crippen LogP contribution < -0.4 is 4.90 Å². The molecule has 1 unspecified atom stereocenters. The number of pyridine rings is 1. The summed E-state index contributed by atoms with van der Waals surface area (Å²) in [4.78, 5) is 22.0. The van der Waals surface area contributed by atoms with Gasteiger partial charge in [-0.05, 0) is 82.1 Å². The number of benzene rings is 2. The van der Waals surface area contributed by atoms with Crippen LogP contribution >= 0.6 is 0 Å². The highest BCUT2D eigenvalue weighted by Crippen LogP contribution is 2.45. The largest absolute Gasteiger partial charge is 0.479 e. The van der Waals surface area contributed by atoms with Gasteiger partial charge in [0, 0.05) is 66.9 Å². The molecule has 1 N–H and O–H groups in total. The van der Waals surface area contributed by atoms with Gasteiger partial charge in [-0.2, -0.15) is 0 Å². The summed E-state index contributed by atoms with van der Waals surface area (Å²) in [6, 6.07) is 7.79. The number of rotatable bonds is 7. The molecule has 3 aromatic rings. The minimum atomic E-state index is -1.19. The van der Waals surface area contributed by atoms with Crippen LogP contribution in [-0.2, 0) is 29.0 Å². The number of aromatic nitrogens is 1. The third-order valence-electron chi connectivity index (χ3n) is 9.04. The fourth-order valence-corrected chi connectivity index (χ4v) is 6.58. The Bertz CT molecular complexity index is 1610. The number of fused-ring (bicyclic) bond motifs is 1. The van der Waals surface area contributed by atoms with Crippen molar-refractivity contribution in [1.82, 2.24) is 9.88 Å². The number of aliphatic carboxylic acids is 1. The molecule has 0 spiro atoms. The van der Waals surface area contributed by atoms with Crippen molar-refractivity contribution in [3.63, 3.8) is 0 Å². The molecule has 45 heavy (non-hydrogen) atoms. The van der Waals surface area contributed by atoms with Crippen LogP contribution in [0, 0.1) is 36.7 Å². The number of piperidine rings is 1. The Morgan fingerprint density at radius 1 is 0.978 bits per heavy atom. The highest BCUT2D eigenvalue weighted by atomic mass is 19.2. The van der Waals surface area contributed by atoms with Crippen molar-refractivity contribution in [2.75, 3.05) is 24.5 Å². The number of nitrogens with zero attached hydrogens (tertiary/aromatic N) is 3. The number of carboxylic acids is 1. The van der Waals surface area contributed by atoms with Crippen LogP contribution in [0.2, 0.25) is 0 Å². The summed E-state index contributed by atoms with van der Waals surface area (Å²) < 4.78 is 47.8. The Labute approximate surface area is 264 Å². The van der Waals surface area contributed by atoms with Crippen LogP contribution in [0.3, 0.4) is 0 Å². The fraction of sp³-hybridized carbons (Fsp3) is 0.500. The summed E-state index contributed by atoms with van der Waals surface area (Å²) >= 11 is 0. The van der Waals surface area contributed by atoms with Crippen molar-refractivity contribution in [2.45, 2.75) is 92.5 Å². The summed E-state index contributed by atoms with van der Waals surface area (Å²) in [6.07, 6.45) is 1.45. The maximum absolute atomic E-state index is 14.4. The molecule has 9 heteroatoms. The van der Waals surface area contributed by atoms with Gasteiger partial charge in [0.25, 0.3) is 0 Å². The van der Waals surface area contributed by atoms with Gasteiger partial charge >= 0.3 is 5.97 Å². The Morgan fingerprint density at radius 2 is 1.64 bits per heavy atom. The molecule has 0 radical (unpaired) electrons. The van der Waals surface area contributed by atoms with Gasteiger partial charge in [0.15, 0.2) is 17.7 Å². The van der Waals surface area contributed by atoms with E-state index in [4.69, 9.17) is 9.72 Å². The molecule has 2 aliphatic rings. The first-order valence-corrected chi connectivity index (χ1v) is 15.7. The summed E-state index contributed by atoms with van der Waals surface area (Å²) in [5, 5.41) is 10.4. The zero-order valence-corrected chi connectivity index (χ0v) is 27.4. The van der Waals surface area contributed by atoms with Crippen molar-refractivity contribution < 1.29 is 27.8 Å². The lowest BCUT2D eigenvalue weighted by molar-refractivity contribution is -0.160. The van der Waals surface area contributed by atoms with Crippen molar-refractivity contribution in [3.05, 3.63) is 81.4 Å². The molecule has 242 valence electrons. The Balaban J connectivity index is 1.56. The molecule has 3 heterocycles. The zero-order valence-electron chi connectivity index (χ0n) is 27.4. The van der Waals surface area contributed by atoms with Gasteiger partial charge in [-0.15, -0.1) is 0 Å². The lowest BCUT2D eigenvalue weighted by Gasteiger charge is -2.41. The molecule has 1 atom stereocenters. The second-order valence-electron chi connectivity index (χ2n) is 14.3. The second kappa shape index (κ2) is 12.4. The SMILES string of the molecule is Cc1nc(C)c(C(OC(C)(C)C)C(=O)O)c(N2CCC(C)(C)CC2)c1-c1ccc2c(c1)CCN(Cc1cc(F)c(F)cc1F)C2. The quantitative estimate of drug-likeness (QED) is 0.270. The van der Waals surface area contributed by atoms with Crippen LogP contribution in [-0.4, -0.2) is 46.2 Å². The van der Waals surface area contributed by atoms with Gasteiger partial charge in [0.2, 0.25) is 0 Å². The van der Waals surface area contributed by atoms with Gasteiger partial charge in [0.05, 0.1) is 11.3 Å². The molecule has 1 fully saturated rings. The zero-order chi connectivity index (χ0) is 32.8. The smallest absolute Gasteiger partial charge is 0.337 e. The summed E-state index contributed by atoms with van der Waals surface area (Å²) in [5.41, 5.74) is 6.65. The van der Waals surface area contributed by atoms with Crippen molar-refractivity contribution in [2.24, 2.45) is 5.41 Å². The van der Waals surface area contributed by atoms with Gasteiger partial charge in [-0.1, -0.05) is 32.0 Å². The molecule has 2 aromatic carbocycles. The predicted molar refractivity (Wildman–Crippen MR) is 170 cm³/mol. The third-order valence-corrected chi connectivity index (χ3v) is 9.04. The van der Waals surface area contributed by atoms with Crippen LogP contribution in [0.1, 0.15) is 87.2 Å². The normalized spacial score (nSPS) is 17.7. The van der Waals surface area contributed by atoms with E-state index < -0.39 is 35.1 Å². The number of carbonyl (C=O) groups is 1. The Morgan fingerprint density at radius 3 is 2.29 bits per heavy atom. The van der Waals surface area contributed by atoms with Crippen molar-refractivity contribution in [3.8, 4) is 11.1 Å². The van der Waals surface area contributed by atoms with E-state index in [1.54, 1.807) is 0 Å². The Kier molecular flexibility index (Phi) is 9.08. The number of halogens is 3. The van der Waals surface area contributed by atoms with E-state index in [9.17, 15) is 23.1 Å². The number of aryl methyl sites for hydroxylation is 2. The van der Waals surface area contributed by atoms with E-state index in [1.807, 2.05) is 45.6 Å². The molecule has 6 nitrogen and oxygen atoms in total. The highest BCUT2D eigenvalue weighted by molar-refractivity contribution is 5.88. The van der Waals surface area contributed by atoms with Crippen LogP contribution in [0.4, 0.5) is 18.9 Å². The lowest BCUT2D eigenvalue weighted by Crippen LogP contribution is -2.39. The topological polar surface area (TPSA) is 65.9 Å². The molecule has 2 aliphatic heterocycles. The number of hydrogen-bond acceptors (Lipinski definition) is 5. The third kappa shape index (κ3) is 7.20. The van der Waals surface area contributed by atoms with Crippen LogP contribution in [0.15, 0.2) is 30.3 Å². The number of hydrogen-bond donors (Lipinski definition) is 1. The standard InChI is InChI=1S/C36H44F3N3O3/c1-21-30(24-8-9-25-19-41(13-10-23(25)16-24)20-26-17-28(38)29(39)18-27(26)37)32(42-14-11-36(6,7)12-15-42)31(22(2)40-21)33(34(43)44)45-35(3,4)5/h8-9,16-18,33H,10-15,19-20H2,1-7H3,(H,43,44). The van der Waals surface area contributed by atoms with Gasteiger partial charge in [-0.3, -0.25) is 9.88 Å². The minimum Gasteiger partial charge on any atom is -0.479 e. The van der Waals surface area contributed by atoms with E-state index >= 15 is 0 Å². The highest BCUT2D eigenvalue weighted by Gasteiger charge is 2.36. The molecule has 1 saturated heterocycles. The van der Waals surface area contributed by atoms with Crippen molar-refractivity contribution >= 4 is 11.7 Å². The lowest BCUT2D eigenvalue weighted by atomic mass is 9.81. The minimum absolute atomic E-state index is 0.127. The van der Waals surface area contributed by atoms with Gasteiger partial charge < -0.3 is 14.7 Å². The number of anilines is 1. The van der Waals surface area contributed by atoms with E-state index in [0.29, 0.717) is 36.8 Å². The molecular weight excluding hydrogens is 579 g/mol. The number of ether oxygens (including phenoxy) is 1. The number of carboxylic acid groups (broad SMARTS) is 1. The van der Waals surface area contributed by atoms with E-state index in [0.717, 1.165) is 65.6 Å². The molecule has 0 bridgehead atoms. The maximum atomic E-state index is 14.4.